The third-order valence-electron chi connectivity index (χ3n) is 3.57. The molecule has 2 aromatic rings. The normalized spacial score (nSPS) is 11.4. The summed E-state index contributed by atoms with van der Waals surface area (Å²) < 4.78 is 32.8. The number of ether oxygens (including phenoxy) is 1. The number of sulfonamides is 1. The first-order valence-electron chi connectivity index (χ1n) is 8.31. The number of anilines is 1. The zero-order chi connectivity index (χ0) is 19.3. The van der Waals surface area contributed by atoms with Crippen LogP contribution in [0.25, 0.3) is 0 Å². The van der Waals surface area contributed by atoms with E-state index in [-0.39, 0.29) is 17.5 Å². The third-order valence-corrected chi connectivity index (χ3v) is 5.13. The average molecular weight is 376 g/mol. The molecule has 0 atom stereocenters. The van der Waals surface area contributed by atoms with Gasteiger partial charge >= 0.3 is 0 Å². The van der Waals surface area contributed by atoms with Gasteiger partial charge in [0.2, 0.25) is 15.9 Å². The van der Waals surface area contributed by atoms with Crippen LogP contribution < -0.4 is 14.8 Å². The molecule has 6 nitrogen and oxygen atoms in total. The van der Waals surface area contributed by atoms with Gasteiger partial charge in [-0.1, -0.05) is 29.8 Å². The second-order valence-electron chi connectivity index (χ2n) is 6.30. The molecule has 0 aliphatic rings. The minimum atomic E-state index is -3.77. The number of hydrogen-bond acceptors (Lipinski definition) is 4. The van der Waals surface area contributed by atoms with Crippen molar-refractivity contribution in [3.8, 4) is 5.75 Å². The molecule has 0 radical (unpaired) electrons. The number of aryl methyl sites for hydroxylation is 2. The van der Waals surface area contributed by atoms with E-state index < -0.39 is 15.9 Å². The van der Waals surface area contributed by atoms with Gasteiger partial charge in [-0.05, 0) is 51.5 Å². The number of amides is 1. The van der Waals surface area contributed by atoms with Crippen LogP contribution >= 0.6 is 0 Å². The Bertz CT molecular complexity index is 892. The van der Waals surface area contributed by atoms with E-state index in [4.69, 9.17) is 4.74 Å². The van der Waals surface area contributed by atoms with E-state index in [0.717, 1.165) is 5.56 Å². The number of carbonyl (C=O) groups excluding carboxylic acids is 1. The van der Waals surface area contributed by atoms with E-state index in [1.54, 1.807) is 43.3 Å². The fraction of sp³-hybridized carbons (Fsp3) is 0.316. The van der Waals surface area contributed by atoms with Crippen LogP contribution in [0.15, 0.2) is 47.4 Å². The molecule has 0 saturated heterocycles. The summed E-state index contributed by atoms with van der Waals surface area (Å²) in [4.78, 5) is 12.3. The lowest BCUT2D eigenvalue weighted by molar-refractivity contribution is -0.115. The summed E-state index contributed by atoms with van der Waals surface area (Å²) in [6.07, 6.45) is -0.0453. The summed E-state index contributed by atoms with van der Waals surface area (Å²) in [5.41, 5.74) is 2.10. The Labute approximate surface area is 154 Å². The van der Waals surface area contributed by atoms with Crippen LogP contribution in [-0.4, -0.2) is 27.0 Å². The molecular weight excluding hydrogens is 352 g/mol. The van der Waals surface area contributed by atoms with Crippen LogP contribution in [0.4, 0.5) is 5.69 Å². The van der Waals surface area contributed by atoms with Crippen molar-refractivity contribution in [3.63, 3.8) is 0 Å². The Morgan fingerprint density at radius 1 is 1.12 bits per heavy atom. The first-order valence-corrected chi connectivity index (χ1v) is 9.80. The zero-order valence-corrected chi connectivity index (χ0v) is 16.2. The van der Waals surface area contributed by atoms with Gasteiger partial charge in [0.15, 0.2) is 0 Å². The minimum absolute atomic E-state index is 0.0453. The van der Waals surface area contributed by atoms with Gasteiger partial charge in [0, 0.05) is 0 Å². The van der Waals surface area contributed by atoms with E-state index in [0.29, 0.717) is 17.0 Å². The molecule has 1 amide bonds. The second-order valence-corrected chi connectivity index (χ2v) is 8.04. The summed E-state index contributed by atoms with van der Waals surface area (Å²) in [6, 6.07) is 12.1. The highest BCUT2D eigenvalue weighted by molar-refractivity contribution is 7.89. The third kappa shape index (κ3) is 5.31. The smallest absolute Gasteiger partial charge is 0.241 e. The number of hydrogen-bond donors (Lipinski definition) is 2. The molecule has 0 aromatic heterocycles. The van der Waals surface area contributed by atoms with Gasteiger partial charge in [0.05, 0.1) is 23.2 Å². The Hall–Kier alpha value is -2.38. The summed E-state index contributed by atoms with van der Waals surface area (Å²) in [7, 11) is -3.77. The van der Waals surface area contributed by atoms with Crippen LogP contribution in [0.3, 0.4) is 0 Å². The standard InChI is InChI=1S/C19H24N2O4S/c1-13(2)25-17-8-6-5-7-16(17)21-19(22)12-20-26(23,24)18-10-9-14(3)11-15(18)4/h5-11,13,20H,12H2,1-4H3,(H,21,22). The van der Waals surface area contributed by atoms with Gasteiger partial charge < -0.3 is 10.1 Å². The van der Waals surface area contributed by atoms with Crippen molar-refractivity contribution in [3.05, 3.63) is 53.6 Å². The maximum atomic E-state index is 12.4. The monoisotopic (exact) mass is 376 g/mol. The molecule has 0 heterocycles. The minimum Gasteiger partial charge on any atom is -0.489 e. The lowest BCUT2D eigenvalue weighted by Gasteiger charge is -2.15. The maximum Gasteiger partial charge on any atom is 0.241 e. The molecule has 0 unspecified atom stereocenters. The second kappa shape index (κ2) is 8.33. The van der Waals surface area contributed by atoms with E-state index in [2.05, 4.69) is 10.0 Å². The predicted octanol–water partition coefficient (Wildman–Crippen LogP) is 3.01. The van der Waals surface area contributed by atoms with Gasteiger partial charge in [-0.25, -0.2) is 13.1 Å². The first kappa shape index (κ1) is 19.9. The molecule has 2 N–H and O–H groups in total. The molecule has 140 valence electrons. The molecule has 2 aromatic carbocycles. The fourth-order valence-corrected chi connectivity index (χ4v) is 3.67. The molecule has 0 saturated carbocycles. The van der Waals surface area contributed by atoms with Crippen molar-refractivity contribution in [2.45, 2.75) is 38.7 Å². The number of rotatable bonds is 7. The van der Waals surface area contributed by atoms with Gasteiger partial charge in [0.25, 0.3) is 0 Å². The maximum absolute atomic E-state index is 12.4. The zero-order valence-electron chi connectivity index (χ0n) is 15.4. The van der Waals surface area contributed by atoms with Gasteiger partial charge in [-0.2, -0.15) is 0 Å². The quantitative estimate of drug-likeness (QED) is 0.778. The Balaban J connectivity index is 2.05. The molecule has 7 heteroatoms. The largest absolute Gasteiger partial charge is 0.489 e. The molecule has 2 rings (SSSR count). The summed E-state index contributed by atoms with van der Waals surface area (Å²) in [6.45, 7) is 7.01. The van der Waals surface area contributed by atoms with Crippen molar-refractivity contribution in [1.82, 2.24) is 4.72 Å². The van der Waals surface area contributed by atoms with Crippen molar-refractivity contribution >= 4 is 21.6 Å². The number of para-hydroxylation sites is 2. The Kier molecular flexibility index (Phi) is 6.39. The predicted molar refractivity (Wildman–Crippen MR) is 102 cm³/mol. The Morgan fingerprint density at radius 3 is 2.46 bits per heavy atom. The summed E-state index contributed by atoms with van der Waals surface area (Å²) in [5, 5.41) is 2.67. The van der Waals surface area contributed by atoms with Crippen molar-refractivity contribution in [2.24, 2.45) is 0 Å². The summed E-state index contributed by atoms with van der Waals surface area (Å²) in [5.74, 6) is 0.0613. The number of nitrogens with one attached hydrogen (secondary N) is 2. The highest BCUT2D eigenvalue weighted by Gasteiger charge is 2.18. The molecular formula is C19H24N2O4S. The number of carbonyl (C=O) groups is 1. The average Bonchev–Trinajstić information content (AvgIpc) is 2.54. The van der Waals surface area contributed by atoms with Crippen LogP contribution in [-0.2, 0) is 14.8 Å². The van der Waals surface area contributed by atoms with E-state index in [1.807, 2.05) is 20.8 Å². The number of benzene rings is 2. The topological polar surface area (TPSA) is 84.5 Å². The van der Waals surface area contributed by atoms with Crippen molar-refractivity contribution < 1.29 is 17.9 Å². The van der Waals surface area contributed by atoms with E-state index in [9.17, 15) is 13.2 Å². The highest BCUT2D eigenvalue weighted by Crippen LogP contribution is 2.24. The highest BCUT2D eigenvalue weighted by atomic mass is 32.2. The molecule has 26 heavy (non-hydrogen) atoms. The van der Waals surface area contributed by atoms with Crippen LogP contribution in [0.5, 0.6) is 5.75 Å². The van der Waals surface area contributed by atoms with Crippen molar-refractivity contribution in [1.29, 1.82) is 0 Å². The van der Waals surface area contributed by atoms with E-state index >= 15 is 0 Å². The van der Waals surface area contributed by atoms with Crippen LogP contribution in [0.2, 0.25) is 0 Å². The Morgan fingerprint density at radius 2 is 1.81 bits per heavy atom. The van der Waals surface area contributed by atoms with Crippen LogP contribution in [0, 0.1) is 13.8 Å². The fourth-order valence-electron chi connectivity index (χ4n) is 2.46. The lowest BCUT2D eigenvalue weighted by Crippen LogP contribution is -2.33. The van der Waals surface area contributed by atoms with Crippen LogP contribution in [0.1, 0.15) is 25.0 Å². The first-order chi connectivity index (χ1) is 12.2. The molecule has 0 spiro atoms. The van der Waals surface area contributed by atoms with Crippen molar-refractivity contribution in [2.75, 3.05) is 11.9 Å². The van der Waals surface area contributed by atoms with Gasteiger partial charge in [-0.15, -0.1) is 0 Å². The lowest BCUT2D eigenvalue weighted by atomic mass is 10.2. The van der Waals surface area contributed by atoms with E-state index in [1.165, 1.54) is 6.07 Å². The van der Waals surface area contributed by atoms with Gasteiger partial charge in [-0.3, -0.25) is 4.79 Å². The molecule has 0 aliphatic carbocycles. The SMILES string of the molecule is Cc1ccc(S(=O)(=O)NCC(=O)Nc2ccccc2OC(C)C)c(C)c1. The summed E-state index contributed by atoms with van der Waals surface area (Å²) >= 11 is 0. The molecule has 0 bridgehead atoms. The molecule has 0 fully saturated rings. The van der Waals surface area contributed by atoms with Gasteiger partial charge in [0.1, 0.15) is 5.75 Å². The molecule has 0 aliphatic heterocycles.